The highest BCUT2D eigenvalue weighted by molar-refractivity contribution is 7.51. The van der Waals surface area contributed by atoms with Crippen LogP contribution in [-0.2, 0) is 0 Å². The second-order valence-electron chi connectivity index (χ2n) is 10.0. The van der Waals surface area contributed by atoms with Gasteiger partial charge in [0.1, 0.15) is 0 Å². The van der Waals surface area contributed by atoms with E-state index in [1.165, 1.54) is 32.9 Å². The summed E-state index contributed by atoms with van der Waals surface area (Å²) >= 11 is 13.7. The average molecular weight is 620 g/mol. The minimum atomic E-state index is 0.671. The zero-order chi connectivity index (χ0) is 28.7. The highest BCUT2D eigenvalue weighted by atomic mass is 35.5. The fourth-order valence-corrected chi connectivity index (χ4v) is 8.79. The topological polar surface area (TPSA) is 0 Å². The van der Waals surface area contributed by atoms with Crippen LogP contribution in [0.3, 0.4) is 0 Å². The summed E-state index contributed by atoms with van der Waals surface area (Å²) < 4.78 is 0. The first-order chi connectivity index (χ1) is 20.7. The molecule has 2 atom stereocenters. The van der Waals surface area contributed by atoms with E-state index in [0.29, 0.717) is 17.2 Å². The largest absolute Gasteiger partial charge is 0.0893 e. The molecule has 0 aliphatic carbocycles. The number of benzene rings is 6. The van der Waals surface area contributed by atoms with Crippen molar-refractivity contribution in [2.24, 2.45) is 0 Å². The Balaban J connectivity index is 1.31. The van der Waals surface area contributed by atoms with Crippen LogP contribution in [0.5, 0.6) is 0 Å². The van der Waals surface area contributed by atoms with Gasteiger partial charge in [-0.3, -0.25) is 0 Å². The van der Waals surface area contributed by atoms with Crippen molar-refractivity contribution in [2.45, 2.75) is 0 Å². The molecular formula is C38H30Cl2P2. The van der Waals surface area contributed by atoms with Crippen LogP contribution in [0.25, 0.3) is 44.5 Å². The second kappa shape index (κ2) is 13.8. The maximum atomic E-state index is 6.87. The van der Waals surface area contributed by atoms with Gasteiger partial charge in [0.2, 0.25) is 0 Å². The van der Waals surface area contributed by atoms with E-state index >= 15 is 0 Å². The molecule has 0 bridgehead atoms. The van der Waals surface area contributed by atoms with E-state index in [-0.39, 0.29) is 0 Å². The summed E-state index contributed by atoms with van der Waals surface area (Å²) in [6, 6.07) is 51.0. The van der Waals surface area contributed by atoms with Crippen LogP contribution < -0.4 is 10.6 Å². The minimum Gasteiger partial charge on any atom is -0.0893 e. The summed E-state index contributed by atoms with van der Waals surface area (Å²) in [4.78, 5) is 0. The third-order valence-electron chi connectivity index (χ3n) is 7.31. The second-order valence-corrected chi connectivity index (χ2v) is 13.6. The molecule has 6 rings (SSSR count). The van der Waals surface area contributed by atoms with Gasteiger partial charge in [0, 0.05) is 21.2 Å². The predicted octanol–water partition coefficient (Wildman–Crippen LogP) is 11.0. The third-order valence-corrected chi connectivity index (χ3v) is 11.0. The molecule has 0 aromatic heterocycles. The minimum absolute atomic E-state index is 0.671. The van der Waals surface area contributed by atoms with Crippen LogP contribution in [0.1, 0.15) is 0 Å². The van der Waals surface area contributed by atoms with Gasteiger partial charge >= 0.3 is 0 Å². The highest BCUT2D eigenvalue weighted by Crippen LogP contribution is 2.41. The molecule has 0 saturated heterocycles. The highest BCUT2D eigenvalue weighted by Gasteiger charge is 2.18. The van der Waals surface area contributed by atoms with Crippen molar-refractivity contribution in [1.29, 1.82) is 0 Å². The average Bonchev–Trinajstić information content (AvgIpc) is 3.05. The Kier molecular flexibility index (Phi) is 9.50. The zero-order valence-electron chi connectivity index (χ0n) is 23.0. The Hall–Kier alpha value is -3.24. The van der Waals surface area contributed by atoms with Crippen molar-refractivity contribution < 1.29 is 0 Å². The first-order valence-corrected chi connectivity index (χ1v) is 17.2. The Morgan fingerprint density at radius 2 is 0.619 bits per heavy atom. The molecule has 2 unspecified atom stereocenters. The summed E-state index contributed by atoms with van der Waals surface area (Å²) in [6.07, 6.45) is 2.21. The molecule has 4 heteroatoms. The van der Waals surface area contributed by atoms with Crippen molar-refractivity contribution in [3.8, 4) is 44.5 Å². The summed E-state index contributed by atoms with van der Waals surface area (Å²) in [6.45, 7) is 0. The summed E-state index contributed by atoms with van der Waals surface area (Å²) in [7, 11) is 1.34. The van der Waals surface area contributed by atoms with E-state index in [1.54, 1.807) is 0 Å². The van der Waals surface area contributed by atoms with Gasteiger partial charge < -0.3 is 0 Å². The summed E-state index contributed by atoms with van der Waals surface area (Å²) in [5, 5.41) is 4.30. The molecule has 6 aromatic rings. The molecule has 42 heavy (non-hydrogen) atoms. The molecule has 0 nitrogen and oxygen atoms in total. The lowest BCUT2D eigenvalue weighted by molar-refractivity contribution is 1.53. The van der Waals surface area contributed by atoms with E-state index in [2.05, 4.69) is 146 Å². The fourth-order valence-electron chi connectivity index (χ4n) is 5.43. The summed E-state index contributed by atoms with van der Waals surface area (Å²) in [5.74, 6) is 0. The zero-order valence-corrected chi connectivity index (χ0v) is 26.5. The van der Waals surface area contributed by atoms with Crippen molar-refractivity contribution in [3.05, 3.63) is 156 Å². The Bertz CT molecular complexity index is 1640. The molecule has 6 aromatic carbocycles. The number of hydrogen-bond acceptors (Lipinski definition) is 0. The van der Waals surface area contributed by atoms with Gasteiger partial charge in [-0.05, 0) is 68.4 Å². The molecule has 0 aliphatic rings. The monoisotopic (exact) mass is 618 g/mol. The van der Waals surface area contributed by atoms with E-state index < -0.39 is 0 Å². The van der Waals surface area contributed by atoms with E-state index in [4.69, 9.17) is 23.2 Å². The van der Waals surface area contributed by atoms with Gasteiger partial charge in [0.05, 0.1) is 0 Å². The lowest BCUT2D eigenvalue weighted by Gasteiger charge is -2.19. The van der Waals surface area contributed by atoms with Crippen molar-refractivity contribution in [1.82, 2.24) is 0 Å². The van der Waals surface area contributed by atoms with Gasteiger partial charge in [0.25, 0.3) is 0 Å². The molecule has 0 N–H and O–H groups in total. The van der Waals surface area contributed by atoms with Crippen LogP contribution >= 0.6 is 40.4 Å². The molecular weight excluding hydrogens is 589 g/mol. The first kappa shape index (κ1) is 28.9. The predicted molar refractivity (Wildman–Crippen MR) is 190 cm³/mol. The Morgan fingerprint density at radius 1 is 0.333 bits per heavy atom. The number of hydrogen-bond donors (Lipinski definition) is 0. The third kappa shape index (κ3) is 6.39. The Labute approximate surface area is 262 Å². The van der Waals surface area contributed by atoms with Gasteiger partial charge in [-0.15, -0.1) is 0 Å². The van der Waals surface area contributed by atoms with Gasteiger partial charge in [-0.1, -0.05) is 174 Å². The van der Waals surface area contributed by atoms with Crippen molar-refractivity contribution >= 4 is 51.0 Å². The van der Waals surface area contributed by atoms with Crippen LogP contribution in [0, 0.1) is 0 Å². The molecule has 0 aliphatic heterocycles. The maximum absolute atomic E-state index is 6.87. The van der Waals surface area contributed by atoms with Gasteiger partial charge in [-0.2, -0.15) is 0 Å². The van der Waals surface area contributed by atoms with Crippen molar-refractivity contribution in [2.75, 3.05) is 12.3 Å². The van der Waals surface area contributed by atoms with Crippen molar-refractivity contribution in [3.63, 3.8) is 0 Å². The molecule has 0 heterocycles. The van der Waals surface area contributed by atoms with Crippen LogP contribution in [0.2, 0.25) is 10.0 Å². The quantitative estimate of drug-likeness (QED) is 0.112. The number of halogens is 2. The normalized spacial score (nSPS) is 11.6. The molecule has 0 amide bonds. The molecule has 206 valence electrons. The summed E-state index contributed by atoms with van der Waals surface area (Å²) in [5.41, 5.74) is 9.45. The molecule has 0 fully saturated rings. The molecule has 0 spiro atoms. The first-order valence-electron chi connectivity index (χ1n) is 14.0. The van der Waals surface area contributed by atoms with E-state index in [1.807, 2.05) is 0 Å². The van der Waals surface area contributed by atoms with E-state index in [9.17, 15) is 0 Å². The van der Waals surface area contributed by atoms with E-state index in [0.717, 1.165) is 44.6 Å². The van der Waals surface area contributed by atoms with Crippen LogP contribution in [0.15, 0.2) is 146 Å². The molecule has 0 radical (unpaired) electrons. The Morgan fingerprint density at radius 3 is 0.929 bits per heavy atom. The van der Waals surface area contributed by atoms with Gasteiger partial charge in [-0.25, -0.2) is 0 Å². The number of rotatable bonds is 9. The van der Waals surface area contributed by atoms with Crippen LogP contribution in [-0.4, -0.2) is 12.3 Å². The maximum Gasteiger partial charge on any atom is 0.0491 e. The molecule has 0 saturated carbocycles. The SMILES string of the molecule is Clc1ccc(PCCPc2ccc(Cl)c(-c3ccccc3)c2-c2ccccc2)c(-c2ccccc2)c1-c1ccccc1. The standard InChI is InChI=1S/C38H30Cl2P2/c39-31-21-23-33(37(29-17-9-3-10-18-29)35(31)27-13-5-1-6-14-27)41-25-26-42-34-24-22-32(40)36(28-15-7-2-8-16-28)38(34)30-19-11-4-12-20-30/h1-24,41-42H,25-26H2. The lowest BCUT2D eigenvalue weighted by atomic mass is 9.94. The smallest absolute Gasteiger partial charge is 0.0491 e. The van der Waals surface area contributed by atoms with Crippen LogP contribution in [0.4, 0.5) is 0 Å². The van der Waals surface area contributed by atoms with Gasteiger partial charge in [0.15, 0.2) is 0 Å². The fraction of sp³-hybridized carbons (Fsp3) is 0.0526. The lowest BCUT2D eigenvalue weighted by Crippen LogP contribution is -2.07.